The van der Waals surface area contributed by atoms with Gasteiger partial charge in [-0.25, -0.2) is 0 Å². The van der Waals surface area contributed by atoms with Crippen molar-refractivity contribution in [3.8, 4) is 6.19 Å². The third-order valence-electron chi connectivity index (χ3n) is 5.17. The smallest absolute Gasteiger partial charge is 0.209 e. The molecule has 0 aliphatic heterocycles. The van der Waals surface area contributed by atoms with Crippen molar-refractivity contribution in [1.29, 1.82) is 5.26 Å². The van der Waals surface area contributed by atoms with Crippen molar-refractivity contribution in [2.45, 2.75) is 39.5 Å². The van der Waals surface area contributed by atoms with Gasteiger partial charge in [-0.2, -0.15) is 5.26 Å². The molecule has 1 aliphatic rings. The zero-order chi connectivity index (χ0) is 19.1. The normalized spacial score (nSPS) is 14.1. The Kier molecular flexibility index (Phi) is 6.61. The third-order valence-corrected chi connectivity index (χ3v) is 5.17. The second-order valence-corrected chi connectivity index (χ2v) is 6.76. The minimum absolute atomic E-state index is 0.508. The lowest BCUT2D eigenvalue weighted by Gasteiger charge is -2.22. The van der Waals surface area contributed by atoms with E-state index in [9.17, 15) is 0 Å². The van der Waals surface area contributed by atoms with Gasteiger partial charge in [-0.05, 0) is 50.4 Å². The number of benzene rings is 1. The van der Waals surface area contributed by atoms with E-state index in [4.69, 9.17) is 10.2 Å². The molecule has 0 saturated carbocycles. The molecule has 0 bridgehead atoms. The van der Waals surface area contributed by atoms with Crippen molar-refractivity contribution in [2.24, 2.45) is 4.99 Å². The maximum atomic E-state index is 9.16. The Morgan fingerprint density at radius 3 is 2.78 bits per heavy atom. The Bertz CT molecular complexity index is 848. The third kappa shape index (κ3) is 4.55. The number of likely N-dealkylation sites (N-methyl/N-ethyl adjacent to an activating group) is 1. The first-order valence-corrected chi connectivity index (χ1v) is 9.86. The molecule has 0 unspecified atom stereocenters. The molecule has 1 heterocycles. The molecule has 6 nitrogen and oxygen atoms in total. The number of nitriles is 1. The molecule has 2 N–H and O–H groups in total. The fourth-order valence-electron chi connectivity index (χ4n) is 3.64. The van der Waals surface area contributed by atoms with E-state index in [0.29, 0.717) is 12.5 Å². The van der Waals surface area contributed by atoms with Crippen molar-refractivity contribution >= 4 is 22.5 Å². The number of anilines is 1. The molecular formula is C21H28N6. The van der Waals surface area contributed by atoms with Crippen LogP contribution in [0.5, 0.6) is 0 Å². The molecule has 3 rings (SSSR count). The van der Waals surface area contributed by atoms with Gasteiger partial charge in [0.15, 0.2) is 6.19 Å². The van der Waals surface area contributed by atoms with Crippen molar-refractivity contribution in [2.75, 3.05) is 31.5 Å². The van der Waals surface area contributed by atoms with E-state index in [2.05, 4.69) is 40.4 Å². The number of para-hydroxylation sites is 1. The van der Waals surface area contributed by atoms with Gasteiger partial charge in [-0.3, -0.25) is 15.3 Å². The summed E-state index contributed by atoms with van der Waals surface area (Å²) in [7, 11) is 0. The Morgan fingerprint density at radius 1 is 1.22 bits per heavy atom. The average Bonchev–Trinajstić information content (AvgIpc) is 2.71. The van der Waals surface area contributed by atoms with Crippen LogP contribution in [0.15, 0.2) is 29.3 Å². The van der Waals surface area contributed by atoms with Gasteiger partial charge in [-0.1, -0.05) is 32.0 Å². The van der Waals surface area contributed by atoms with Crippen LogP contribution in [-0.4, -0.2) is 42.0 Å². The standard InChI is InChI=1S/C21H28N6/c1-3-27(4-2)14-13-23-21(24-15-22)26-20-16-9-5-7-11-18(16)25-19-12-8-6-10-17(19)20/h5,7,9,11H,3-4,6,8,10,12-14H2,1-2H3,(H2,23,24,25,26). The first-order chi connectivity index (χ1) is 13.3. The molecule has 0 saturated heterocycles. The fourth-order valence-corrected chi connectivity index (χ4v) is 3.64. The summed E-state index contributed by atoms with van der Waals surface area (Å²) in [5.74, 6) is 0.508. The lowest BCUT2D eigenvalue weighted by Crippen LogP contribution is -2.30. The van der Waals surface area contributed by atoms with E-state index in [0.717, 1.165) is 49.1 Å². The molecule has 142 valence electrons. The Hall–Kier alpha value is -2.65. The Balaban J connectivity index is 1.91. The van der Waals surface area contributed by atoms with Crippen LogP contribution in [0, 0.1) is 11.5 Å². The van der Waals surface area contributed by atoms with E-state index in [1.165, 1.54) is 24.1 Å². The van der Waals surface area contributed by atoms with Crippen LogP contribution in [0.25, 0.3) is 10.9 Å². The number of hydrogen-bond acceptors (Lipinski definition) is 4. The zero-order valence-corrected chi connectivity index (χ0v) is 16.3. The molecular weight excluding hydrogens is 336 g/mol. The Morgan fingerprint density at radius 2 is 2.00 bits per heavy atom. The topological polar surface area (TPSA) is 76.3 Å². The molecule has 1 aromatic carbocycles. The minimum Gasteiger partial charge on any atom is -0.325 e. The van der Waals surface area contributed by atoms with Gasteiger partial charge >= 0.3 is 0 Å². The predicted octanol–water partition coefficient (Wildman–Crippen LogP) is 3.29. The highest BCUT2D eigenvalue weighted by Gasteiger charge is 2.19. The van der Waals surface area contributed by atoms with Crippen LogP contribution < -0.4 is 10.6 Å². The summed E-state index contributed by atoms with van der Waals surface area (Å²) >= 11 is 0. The SMILES string of the molecule is CCN(CC)CCN=C(NC#N)Nc1c2c(nc3ccccc13)CCCC2. The van der Waals surface area contributed by atoms with Crippen LogP contribution >= 0.6 is 0 Å². The van der Waals surface area contributed by atoms with E-state index in [1.54, 1.807) is 0 Å². The fraction of sp³-hybridized carbons (Fsp3) is 0.476. The highest BCUT2D eigenvalue weighted by molar-refractivity contribution is 6.04. The van der Waals surface area contributed by atoms with Gasteiger partial charge in [0.05, 0.1) is 17.7 Å². The zero-order valence-electron chi connectivity index (χ0n) is 16.3. The summed E-state index contributed by atoms with van der Waals surface area (Å²) in [6.45, 7) is 7.82. The molecule has 6 heteroatoms. The quantitative estimate of drug-likeness (QED) is 0.356. The van der Waals surface area contributed by atoms with Crippen LogP contribution in [0.1, 0.15) is 37.9 Å². The molecule has 1 aliphatic carbocycles. The van der Waals surface area contributed by atoms with Crippen LogP contribution in [-0.2, 0) is 12.8 Å². The van der Waals surface area contributed by atoms with Crippen LogP contribution in [0.4, 0.5) is 5.69 Å². The number of rotatable bonds is 6. The highest BCUT2D eigenvalue weighted by Crippen LogP contribution is 2.33. The molecule has 2 aromatic rings. The van der Waals surface area contributed by atoms with Crippen LogP contribution in [0.2, 0.25) is 0 Å². The van der Waals surface area contributed by atoms with E-state index >= 15 is 0 Å². The molecule has 0 fully saturated rings. The van der Waals surface area contributed by atoms with Crippen molar-refractivity contribution in [3.63, 3.8) is 0 Å². The van der Waals surface area contributed by atoms with Gasteiger partial charge in [0.2, 0.25) is 5.96 Å². The maximum Gasteiger partial charge on any atom is 0.209 e. The number of guanidine groups is 1. The van der Waals surface area contributed by atoms with Crippen LogP contribution in [0.3, 0.4) is 0 Å². The number of aromatic nitrogens is 1. The number of hydrogen-bond donors (Lipinski definition) is 2. The summed E-state index contributed by atoms with van der Waals surface area (Å²) in [6.07, 6.45) is 6.38. The second kappa shape index (κ2) is 9.33. The first kappa shape index (κ1) is 19.1. The predicted molar refractivity (Wildman–Crippen MR) is 111 cm³/mol. The number of pyridine rings is 1. The number of nitrogens with one attached hydrogen (secondary N) is 2. The minimum atomic E-state index is 0.508. The summed E-state index contributed by atoms with van der Waals surface area (Å²) in [5.41, 5.74) is 4.46. The lowest BCUT2D eigenvalue weighted by molar-refractivity contribution is 0.313. The number of aryl methyl sites for hydroxylation is 1. The molecule has 0 atom stereocenters. The van der Waals surface area contributed by atoms with Crippen molar-refractivity contribution in [3.05, 3.63) is 35.5 Å². The molecule has 1 aromatic heterocycles. The maximum absolute atomic E-state index is 9.16. The largest absolute Gasteiger partial charge is 0.325 e. The van der Waals surface area contributed by atoms with E-state index in [1.807, 2.05) is 24.4 Å². The van der Waals surface area contributed by atoms with Gasteiger partial charge in [-0.15, -0.1) is 0 Å². The average molecular weight is 364 g/mol. The number of aliphatic imine (C=N–C) groups is 1. The van der Waals surface area contributed by atoms with E-state index < -0.39 is 0 Å². The summed E-state index contributed by atoms with van der Waals surface area (Å²) in [6, 6.07) is 8.17. The number of nitrogens with zero attached hydrogens (tertiary/aromatic N) is 4. The highest BCUT2D eigenvalue weighted by atomic mass is 15.2. The van der Waals surface area contributed by atoms with Gasteiger partial charge in [0.1, 0.15) is 0 Å². The summed E-state index contributed by atoms with van der Waals surface area (Å²) < 4.78 is 0. The molecule has 0 spiro atoms. The first-order valence-electron chi connectivity index (χ1n) is 9.86. The van der Waals surface area contributed by atoms with Gasteiger partial charge in [0, 0.05) is 17.6 Å². The lowest BCUT2D eigenvalue weighted by atomic mass is 9.92. The second-order valence-electron chi connectivity index (χ2n) is 6.76. The van der Waals surface area contributed by atoms with Gasteiger partial charge in [0.25, 0.3) is 0 Å². The number of fused-ring (bicyclic) bond motifs is 2. The summed E-state index contributed by atoms with van der Waals surface area (Å²) in [5, 5.41) is 16.4. The van der Waals surface area contributed by atoms with Gasteiger partial charge < -0.3 is 10.2 Å². The Labute approximate surface area is 161 Å². The monoisotopic (exact) mass is 364 g/mol. The summed E-state index contributed by atoms with van der Waals surface area (Å²) in [4.78, 5) is 11.8. The van der Waals surface area contributed by atoms with Crippen molar-refractivity contribution in [1.82, 2.24) is 15.2 Å². The van der Waals surface area contributed by atoms with Crippen molar-refractivity contribution < 1.29 is 0 Å². The molecule has 0 amide bonds. The molecule has 27 heavy (non-hydrogen) atoms. The van der Waals surface area contributed by atoms with E-state index in [-0.39, 0.29) is 0 Å². The molecule has 0 radical (unpaired) electrons.